The third kappa shape index (κ3) is 4.57. The SMILES string of the molecule is Cc1ccc(COc2ccccc2/C=C/C2=NCCN(C)c3ccccc32)cc1. The largest absolute Gasteiger partial charge is 0.488 e. The first-order chi connectivity index (χ1) is 14.2. The van der Waals surface area contributed by atoms with Crippen molar-refractivity contribution in [1.29, 1.82) is 0 Å². The zero-order chi connectivity index (χ0) is 20.1. The zero-order valence-corrected chi connectivity index (χ0v) is 17.0. The van der Waals surface area contributed by atoms with Crippen LogP contribution in [0.5, 0.6) is 5.75 Å². The van der Waals surface area contributed by atoms with E-state index in [1.165, 1.54) is 22.4 Å². The number of nitrogens with zero attached hydrogens (tertiary/aromatic N) is 2. The number of para-hydroxylation sites is 2. The van der Waals surface area contributed by atoms with Crippen LogP contribution in [-0.4, -0.2) is 25.8 Å². The van der Waals surface area contributed by atoms with Gasteiger partial charge in [-0.05, 0) is 36.8 Å². The summed E-state index contributed by atoms with van der Waals surface area (Å²) in [6, 6.07) is 25.0. The molecule has 1 heterocycles. The first-order valence-corrected chi connectivity index (χ1v) is 10.0. The number of hydrogen-bond donors (Lipinski definition) is 0. The van der Waals surface area contributed by atoms with Crippen molar-refractivity contribution in [2.24, 2.45) is 4.99 Å². The van der Waals surface area contributed by atoms with Crippen LogP contribution in [-0.2, 0) is 6.61 Å². The van der Waals surface area contributed by atoms with Gasteiger partial charge in [-0.1, -0.05) is 66.2 Å². The number of allylic oxidation sites excluding steroid dienone is 1. The Hall–Kier alpha value is -3.33. The third-order valence-corrected chi connectivity index (χ3v) is 5.16. The number of likely N-dealkylation sites (N-methyl/N-ethyl adjacent to an activating group) is 1. The van der Waals surface area contributed by atoms with Crippen molar-refractivity contribution in [3.8, 4) is 5.75 Å². The number of benzodiazepines with no additional fused rings is 1. The second kappa shape index (κ2) is 8.78. The Kier molecular flexibility index (Phi) is 5.76. The maximum Gasteiger partial charge on any atom is 0.127 e. The summed E-state index contributed by atoms with van der Waals surface area (Å²) in [6.45, 7) is 4.36. The molecule has 0 saturated heterocycles. The van der Waals surface area contributed by atoms with Gasteiger partial charge in [0.1, 0.15) is 12.4 Å². The zero-order valence-electron chi connectivity index (χ0n) is 17.0. The van der Waals surface area contributed by atoms with Crippen LogP contribution >= 0.6 is 0 Å². The van der Waals surface area contributed by atoms with E-state index in [1.54, 1.807) is 0 Å². The summed E-state index contributed by atoms with van der Waals surface area (Å²) in [7, 11) is 2.12. The standard InChI is InChI=1S/C26H26N2O/c1-20-11-13-21(14-12-20)19-29-26-10-6-3-7-22(26)15-16-24-23-8-4-5-9-25(23)28(2)18-17-27-24/h3-16H,17-19H2,1-2H3/b16-15+. The lowest BCUT2D eigenvalue weighted by molar-refractivity contribution is 0.305. The number of anilines is 1. The van der Waals surface area contributed by atoms with Crippen molar-refractivity contribution >= 4 is 17.5 Å². The molecule has 0 N–H and O–H groups in total. The van der Waals surface area contributed by atoms with Crippen molar-refractivity contribution in [2.75, 3.05) is 25.0 Å². The number of aliphatic imine (C=N–C) groups is 1. The number of fused-ring (bicyclic) bond motifs is 1. The summed E-state index contributed by atoms with van der Waals surface area (Å²) in [4.78, 5) is 7.07. The van der Waals surface area contributed by atoms with Gasteiger partial charge >= 0.3 is 0 Å². The maximum atomic E-state index is 6.11. The van der Waals surface area contributed by atoms with Gasteiger partial charge in [-0.3, -0.25) is 4.99 Å². The van der Waals surface area contributed by atoms with E-state index in [4.69, 9.17) is 9.73 Å². The molecule has 1 aliphatic heterocycles. The van der Waals surface area contributed by atoms with E-state index < -0.39 is 0 Å². The van der Waals surface area contributed by atoms with Crippen molar-refractivity contribution < 1.29 is 4.74 Å². The van der Waals surface area contributed by atoms with Gasteiger partial charge in [0, 0.05) is 30.4 Å². The Morgan fingerprint density at radius 3 is 2.55 bits per heavy atom. The molecule has 3 aromatic rings. The van der Waals surface area contributed by atoms with E-state index >= 15 is 0 Å². The molecule has 3 aromatic carbocycles. The fourth-order valence-electron chi connectivity index (χ4n) is 3.46. The number of hydrogen-bond acceptors (Lipinski definition) is 3. The van der Waals surface area contributed by atoms with Crippen LogP contribution < -0.4 is 9.64 Å². The minimum atomic E-state index is 0.555. The van der Waals surface area contributed by atoms with Crippen LogP contribution in [0.1, 0.15) is 22.3 Å². The molecule has 0 spiro atoms. The van der Waals surface area contributed by atoms with E-state index in [9.17, 15) is 0 Å². The molecule has 0 amide bonds. The molecule has 0 aliphatic carbocycles. The molecule has 0 saturated carbocycles. The highest BCUT2D eigenvalue weighted by atomic mass is 16.5. The Morgan fingerprint density at radius 2 is 1.69 bits per heavy atom. The summed E-state index contributed by atoms with van der Waals surface area (Å²) in [5.41, 5.74) is 6.88. The highest BCUT2D eigenvalue weighted by Gasteiger charge is 2.13. The van der Waals surface area contributed by atoms with Crippen LogP contribution in [0, 0.1) is 6.92 Å². The van der Waals surface area contributed by atoms with Gasteiger partial charge in [0.2, 0.25) is 0 Å². The van der Waals surface area contributed by atoms with Gasteiger partial charge in [-0.15, -0.1) is 0 Å². The summed E-state index contributed by atoms with van der Waals surface area (Å²) in [5, 5.41) is 0. The van der Waals surface area contributed by atoms with Crippen molar-refractivity contribution in [2.45, 2.75) is 13.5 Å². The lowest BCUT2D eigenvalue weighted by atomic mass is 10.1. The monoisotopic (exact) mass is 382 g/mol. The molecule has 3 nitrogen and oxygen atoms in total. The highest BCUT2D eigenvalue weighted by Crippen LogP contribution is 2.25. The summed E-state index contributed by atoms with van der Waals surface area (Å²) >= 11 is 0. The fourth-order valence-corrected chi connectivity index (χ4v) is 3.46. The van der Waals surface area contributed by atoms with Crippen molar-refractivity contribution in [3.05, 3.63) is 101 Å². The molecular formula is C26H26N2O. The molecule has 0 atom stereocenters. The van der Waals surface area contributed by atoms with Crippen molar-refractivity contribution in [1.82, 2.24) is 0 Å². The van der Waals surface area contributed by atoms with Gasteiger partial charge in [-0.25, -0.2) is 0 Å². The van der Waals surface area contributed by atoms with Gasteiger partial charge in [0.25, 0.3) is 0 Å². The Balaban J connectivity index is 1.55. The summed E-state index contributed by atoms with van der Waals surface area (Å²) in [6.07, 6.45) is 4.21. The van der Waals surface area contributed by atoms with E-state index in [0.717, 1.165) is 30.1 Å². The lowest BCUT2D eigenvalue weighted by Crippen LogP contribution is -2.20. The molecule has 1 aliphatic rings. The molecule has 146 valence electrons. The molecule has 0 unspecified atom stereocenters. The Labute approximate surface area is 173 Å². The second-order valence-electron chi connectivity index (χ2n) is 7.35. The van der Waals surface area contributed by atoms with Crippen LogP contribution in [0.25, 0.3) is 6.08 Å². The van der Waals surface area contributed by atoms with E-state index in [-0.39, 0.29) is 0 Å². The Morgan fingerprint density at radius 1 is 0.931 bits per heavy atom. The molecule has 0 bridgehead atoms. The average Bonchev–Trinajstić information content (AvgIpc) is 2.91. The number of ether oxygens (including phenoxy) is 1. The second-order valence-corrected chi connectivity index (χ2v) is 7.35. The molecule has 4 rings (SSSR count). The predicted molar refractivity (Wildman–Crippen MR) is 122 cm³/mol. The average molecular weight is 383 g/mol. The Bertz CT molecular complexity index is 1030. The van der Waals surface area contributed by atoms with Gasteiger partial charge in [0.15, 0.2) is 0 Å². The molecule has 0 aromatic heterocycles. The van der Waals surface area contributed by atoms with E-state index in [2.05, 4.69) is 85.6 Å². The van der Waals surface area contributed by atoms with Crippen LogP contribution in [0.3, 0.4) is 0 Å². The quantitative estimate of drug-likeness (QED) is 0.580. The van der Waals surface area contributed by atoms with Gasteiger partial charge < -0.3 is 9.64 Å². The van der Waals surface area contributed by atoms with E-state index in [0.29, 0.717) is 6.61 Å². The maximum absolute atomic E-state index is 6.11. The fraction of sp³-hybridized carbons (Fsp3) is 0.192. The summed E-state index contributed by atoms with van der Waals surface area (Å²) in [5.74, 6) is 0.879. The van der Waals surface area contributed by atoms with Crippen molar-refractivity contribution in [3.63, 3.8) is 0 Å². The van der Waals surface area contributed by atoms with Gasteiger partial charge in [0.05, 0.1) is 12.3 Å². The first kappa shape index (κ1) is 19.0. The van der Waals surface area contributed by atoms with Crippen LogP contribution in [0.2, 0.25) is 0 Å². The smallest absolute Gasteiger partial charge is 0.127 e. The van der Waals surface area contributed by atoms with Crippen LogP contribution in [0.4, 0.5) is 5.69 Å². The number of aryl methyl sites for hydroxylation is 1. The minimum absolute atomic E-state index is 0.555. The predicted octanol–water partition coefficient (Wildman–Crippen LogP) is 5.53. The molecular weight excluding hydrogens is 356 g/mol. The molecule has 0 fully saturated rings. The van der Waals surface area contributed by atoms with Crippen LogP contribution in [0.15, 0.2) is 83.9 Å². The third-order valence-electron chi connectivity index (χ3n) is 5.16. The van der Waals surface area contributed by atoms with E-state index in [1.807, 2.05) is 18.2 Å². The normalized spacial score (nSPS) is 13.7. The number of rotatable bonds is 5. The molecule has 29 heavy (non-hydrogen) atoms. The minimum Gasteiger partial charge on any atom is -0.488 e. The highest BCUT2D eigenvalue weighted by molar-refractivity contribution is 6.14. The number of benzene rings is 3. The lowest BCUT2D eigenvalue weighted by Gasteiger charge is -2.18. The topological polar surface area (TPSA) is 24.8 Å². The molecule has 3 heteroatoms. The first-order valence-electron chi connectivity index (χ1n) is 10.0. The van der Waals surface area contributed by atoms with Gasteiger partial charge in [-0.2, -0.15) is 0 Å². The molecule has 0 radical (unpaired) electrons. The summed E-state index contributed by atoms with van der Waals surface area (Å²) < 4.78 is 6.11.